The Morgan fingerprint density at radius 3 is 1.67 bits per heavy atom. The second-order valence-electron chi connectivity index (χ2n) is 3.96. The van der Waals surface area contributed by atoms with Gasteiger partial charge < -0.3 is 0 Å². The number of nitrogens with zero attached hydrogens (tertiary/aromatic N) is 3. The first kappa shape index (κ1) is 14.1. The molecule has 9 nitrogen and oxygen atoms in total. The summed E-state index contributed by atoms with van der Waals surface area (Å²) in [5.74, 6) is 0. The lowest BCUT2D eigenvalue weighted by Crippen LogP contribution is -2.02. The van der Waals surface area contributed by atoms with Crippen LogP contribution in [0.2, 0.25) is 0 Å². The van der Waals surface area contributed by atoms with Gasteiger partial charge in [-0.15, -0.1) is 0 Å². The number of benzene rings is 2. The highest BCUT2D eigenvalue weighted by Crippen LogP contribution is 2.43. The predicted octanol–water partition coefficient (Wildman–Crippen LogP) is 3.08. The summed E-state index contributed by atoms with van der Waals surface area (Å²) >= 11 is 0. The van der Waals surface area contributed by atoms with Crippen molar-refractivity contribution >= 4 is 17.1 Å². The van der Waals surface area contributed by atoms with Gasteiger partial charge in [-0.2, -0.15) is 0 Å². The molecule has 0 fully saturated rings. The molecule has 9 heteroatoms. The van der Waals surface area contributed by atoms with Crippen molar-refractivity contribution < 1.29 is 14.8 Å². The van der Waals surface area contributed by atoms with E-state index < -0.39 is 31.8 Å². The summed E-state index contributed by atoms with van der Waals surface area (Å²) in [6, 6.07) is 9.18. The highest BCUT2D eigenvalue weighted by atomic mass is 16.6. The molecule has 0 N–H and O–H groups in total. The summed E-state index contributed by atoms with van der Waals surface area (Å²) in [4.78, 5) is 30.4. The summed E-state index contributed by atoms with van der Waals surface area (Å²) in [6.07, 6.45) is 0. The predicted molar refractivity (Wildman–Crippen MR) is 71.8 cm³/mol. The molecule has 0 aromatic heterocycles. The van der Waals surface area contributed by atoms with E-state index in [4.69, 9.17) is 0 Å². The van der Waals surface area contributed by atoms with Crippen molar-refractivity contribution in [3.05, 3.63) is 72.8 Å². The normalized spacial score (nSPS) is 10.1. The molecule has 0 saturated carbocycles. The summed E-state index contributed by atoms with van der Waals surface area (Å²) in [5, 5.41) is 33.2. The lowest BCUT2D eigenvalue weighted by Gasteiger charge is -2.04. The van der Waals surface area contributed by atoms with Gasteiger partial charge in [-0.1, -0.05) is 30.3 Å². The average molecular weight is 289 g/mol. The Hall–Kier alpha value is -3.36. The van der Waals surface area contributed by atoms with Gasteiger partial charge in [-0.05, 0) is 5.56 Å². The number of hydrogen-bond donors (Lipinski definition) is 0. The molecule has 2 aromatic rings. The van der Waals surface area contributed by atoms with Crippen LogP contribution in [0.25, 0.3) is 11.1 Å². The van der Waals surface area contributed by atoms with Crippen LogP contribution in [0.5, 0.6) is 0 Å². The minimum atomic E-state index is -0.979. The van der Waals surface area contributed by atoms with Crippen molar-refractivity contribution in [2.24, 2.45) is 0 Å². The van der Waals surface area contributed by atoms with E-state index in [0.29, 0.717) is 0 Å². The maximum Gasteiger partial charge on any atom is 0.360 e. The highest BCUT2D eigenvalue weighted by molar-refractivity contribution is 5.86. The highest BCUT2D eigenvalue weighted by Gasteiger charge is 2.35. The van der Waals surface area contributed by atoms with Gasteiger partial charge in [0.1, 0.15) is 5.56 Å². The number of nitro groups is 3. The molecule has 0 radical (unpaired) electrons. The zero-order chi connectivity index (χ0) is 15.6. The monoisotopic (exact) mass is 289 g/mol. The molecule has 0 spiro atoms. The quantitative estimate of drug-likeness (QED) is 0.628. The standard InChI is InChI=1S/C12H7N3O6/c16-13(17)9-6-7-10(14(18)19)12(15(20)21)11(9)8-4-2-1-3-5-8/h1-7H. The molecule has 2 rings (SSSR count). The topological polar surface area (TPSA) is 129 Å². The van der Waals surface area contributed by atoms with Gasteiger partial charge in [0.05, 0.1) is 14.8 Å². The smallest absolute Gasteiger partial charge is 0.258 e. The molecule has 21 heavy (non-hydrogen) atoms. The van der Waals surface area contributed by atoms with Gasteiger partial charge in [0.15, 0.2) is 0 Å². The molecule has 0 heterocycles. The van der Waals surface area contributed by atoms with E-state index in [1.54, 1.807) is 6.07 Å². The maximum atomic E-state index is 11.2. The molecule has 0 aliphatic heterocycles. The van der Waals surface area contributed by atoms with Crippen LogP contribution in [0, 0.1) is 30.3 Å². The van der Waals surface area contributed by atoms with Crippen molar-refractivity contribution in [3.8, 4) is 11.1 Å². The molecule has 0 unspecified atom stereocenters. The molecule has 0 atom stereocenters. The Balaban J connectivity index is 2.92. The molecular formula is C12H7N3O6. The second kappa shape index (κ2) is 5.33. The maximum absolute atomic E-state index is 11.2. The lowest BCUT2D eigenvalue weighted by molar-refractivity contribution is -0.423. The summed E-state index contributed by atoms with van der Waals surface area (Å²) in [6.45, 7) is 0. The Morgan fingerprint density at radius 2 is 1.19 bits per heavy atom. The molecule has 2 aromatic carbocycles. The van der Waals surface area contributed by atoms with Crippen molar-refractivity contribution in [1.82, 2.24) is 0 Å². The van der Waals surface area contributed by atoms with Crippen molar-refractivity contribution in [2.75, 3.05) is 0 Å². The third kappa shape index (κ3) is 2.52. The Bertz CT molecular complexity index is 744. The number of hydrogen-bond acceptors (Lipinski definition) is 6. The van der Waals surface area contributed by atoms with Gasteiger partial charge >= 0.3 is 11.4 Å². The molecule has 0 amide bonds. The van der Waals surface area contributed by atoms with E-state index in [-0.39, 0.29) is 11.1 Å². The summed E-state index contributed by atoms with van der Waals surface area (Å²) in [5.41, 5.74) is -2.44. The molecule has 0 aliphatic carbocycles. The first-order valence-corrected chi connectivity index (χ1v) is 5.59. The number of nitro benzene ring substituents is 3. The fraction of sp³-hybridized carbons (Fsp3) is 0. The van der Waals surface area contributed by atoms with Gasteiger partial charge in [-0.3, -0.25) is 30.3 Å². The lowest BCUT2D eigenvalue weighted by atomic mass is 10.0. The Labute approximate surface area is 116 Å². The molecular weight excluding hydrogens is 282 g/mol. The largest absolute Gasteiger partial charge is 0.360 e. The minimum absolute atomic E-state index is 0.166. The SMILES string of the molecule is O=[N+]([O-])c1ccc([N+](=O)[O-])c([N+](=O)[O-])c1-c1ccccc1. The molecule has 106 valence electrons. The van der Waals surface area contributed by atoms with E-state index in [2.05, 4.69) is 0 Å². The van der Waals surface area contributed by atoms with Crippen molar-refractivity contribution in [3.63, 3.8) is 0 Å². The van der Waals surface area contributed by atoms with Crippen LogP contribution in [0.15, 0.2) is 42.5 Å². The summed E-state index contributed by atoms with van der Waals surface area (Å²) in [7, 11) is 0. The van der Waals surface area contributed by atoms with Crippen LogP contribution in [0.1, 0.15) is 0 Å². The van der Waals surface area contributed by atoms with E-state index in [1.165, 1.54) is 24.3 Å². The van der Waals surface area contributed by atoms with Crippen molar-refractivity contribution in [1.29, 1.82) is 0 Å². The minimum Gasteiger partial charge on any atom is -0.258 e. The van der Waals surface area contributed by atoms with Crippen molar-refractivity contribution in [2.45, 2.75) is 0 Å². The Kier molecular flexibility index (Phi) is 3.57. The zero-order valence-corrected chi connectivity index (χ0v) is 10.3. The van der Waals surface area contributed by atoms with E-state index in [0.717, 1.165) is 12.1 Å². The van der Waals surface area contributed by atoms with Gasteiger partial charge in [0.2, 0.25) is 0 Å². The first-order valence-electron chi connectivity index (χ1n) is 5.59. The van der Waals surface area contributed by atoms with Crippen LogP contribution in [0.4, 0.5) is 17.1 Å². The third-order valence-electron chi connectivity index (χ3n) is 2.77. The fourth-order valence-electron chi connectivity index (χ4n) is 1.94. The van der Waals surface area contributed by atoms with E-state index >= 15 is 0 Å². The van der Waals surface area contributed by atoms with Crippen LogP contribution < -0.4 is 0 Å². The second-order valence-corrected chi connectivity index (χ2v) is 3.96. The van der Waals surface area contributed by atoms with Crippen LogP contribution in [-0.4, -0.2) is 14.8 Å². The van der Waals surface area contributed by atoms with Gasteiger partial charge in [-0.25, -0.2) is 0 Å². The Morgan fingerprint density at radius 1 is 0.667 bits per heavy atom. The molecule has 0 saturated heterocycles. The fourth-order valence-corrected chi connectivity index (χ4v) is 1.94. The average Bonchev–Trinajstić information content (AvgIpc) is 2.46. The molecule has 0 aliphatic rings. The van der Waals surface area contributed by atoms with Gasteiger partial charge in [0.25, 0.3) is 5.69 Å². The third-order valence-corrected chi connectivity index (χ3v) is 2.77. The molecule has 0 bridgehead atoms. The van der Waals surface area contributed by atoms with Crippen LogP contribution in [0.3, 0.4) is 0 Å². The summed E-state index contributed by atoms with van der Waals surface area (Å²) < 4.78 is 0. The van der Waals surface area contributed by atoms with E-state index in [1.807, 2.05) is 0 Å². The van der Waals surface area contributed by atoms with Crippen LogP contribution >= 0.6 is 0 Å². The zero-order valence-electron chi connectivity index (χ0n) is 10.3. The van der Waals surface area contributed by atoms with Crippen LogP contribution in [-0.2, 0) is 0 Å². The van der Waals surface area contributed by atoms with Gasteiger partial charge in [0, 0.05) is 12.1 Å². The number of rotatable bonds is 4. The van der Waals surface area contributed by atoms with E-state index in [9.17, 15) is 30.3 Å². The first-order chi connectivity index (χ1) is 9.93.